The standard InChI is InChI=1S/C20H25N3O/c1-17(20(24)22-15-13-21(2)14-16-22)23(18-9-5-3-6-10-18)19-11-7-4-8-12-19/h3-12,17H,13-16H2,1-2H3. The molecule has 0 bridgehead atoms. The minimum Gasteiger partial charge on any atom is -0.338 e. The van der Waals surface area contributed by atoms with E-state index in [-0.39, 0.29) is 11.9 Å². The Morgan fingerprint density at radius 3 is 1.79 bits per heavy atom. The summed E-state index contributed by atoms with van der Waals surface area (Å²) in [5.41, 5.74) is 2.08. The van der Waals surface area contributed by atoms with Gasteiger partial charge in [0.15, 0.2) is 0 Å². The Labute approximate surface area is 144 Å². The van der Waals surface area contributed by atoms with Crippen LogP contribution < -0.4 is 4.90 Å². The molecular weight excluding hydrogens is 298 g/mol. The number of carbonyl (C=O) groups is 1. The van der Waals surface area contributed by atoms with Crippen molar-refractivity contribution < 1.29 is 4.79 Å². The first-order valence-corrected chi connectivity index (χ1v) is 8.53. The number of hydrogen-bond donors (Lipinski definition) is 0. The predicted molar refractivity (Wildman–Crippen MR) is 98.6 cm³/mol. The quantitative estimate of drug-likeness (QED) is 0.865. The topological polar surface area (TPSA) is 26.8 Å². The van der Waals surface area contributed by atoms with Crippen LogP contribution in [0.15, 0.2) is 60.7 Å². The van der Waals surface area contributed by atoms with Crippen LogP contribution in [-0.2, 0) is 4.79 Å². The number of anilines is 2. The largest absolute Gasteiger partial charge is 0.338 e. The normalized spacial score (nSPS) is 16.7. The Morgan fingerprint density at radius 1 is 0.875 bits per heavy atom. The number of rotatable bonds is 4. The summed E-state index contributed by atoms with van der Waals surface area (Å²) in [7, 11) is 2.10. The van der Waals surface area contributed by atoms with Gasteiger partial charge in [-0.25, -0.2) is 0 Å². The molecule has 1 saturated heterocycles. The number of benzene rings is 2. The molecule has 1 amide bonds. The van der Waals surface area contributed by atoms with E-state index in [1.807, 2.05) is 48.2 Å². The van der Waals surface area contributed by atoms with E-state index in [2.05, 4.69) is 41.1 Å². The third kappa shape index (κ3) is 3.60. The van der Waals surface area contributed by atoms with Crippen molar-refractivity contribution in [2.75, 3.05) is 38.1 Å². The van der Waals surface area contributed by atoms with Gasteiger partial charge in [-0.15, -0.1) is 0 Å². The Kier molecular flexibility index (Phi) is 5.16. The predicted octanol–water partition coefficient (Wildman–Crippen LogP) is 2.99. The van der Waals surface area contributed by atoms with E-state index in [1.165, 1.54) is 0 Å². The highest BCUT2D eigenvalue weighted by Gasteiger charge is 2.29. The highest BCUT2D eigenvalue weighted by atomic mass is 16.2. The van der Waals surface area contributed by atoms with Crippen LogP contribution in [0.3, 0.4) is 0 Å². The summed E-state index contributed by atoms with van der Waals surface area (Å²) >= 11 is 0. The van der Waals surface area contributed by atoms with Gasteiger partial charge in [-0.3, -0.25) is 4.79 Å². The number of para-hydroxylation sites is 2. The number of piperazine rings is 1. The van der Waals surface area contributed by atoms with Gasteiger partial charge in [0.05, 0.1) is 0 Å². The molecule has 0 aliphatic carbocycles. The molecule has 0 aromatic heterocycles. The van der Waals surface area contributed by atoms with Crippen LogP contribution in [0.25, 0.3) is 0 Å². The lowest BCUT2D eigenvalue weighted by Gasteiger charge is -2.37. The van der Waals surface area contributed by atoms with E-state index >= 15 is 0 Å². The Bertz CT molecular complexity index is 612. The first-order valence-electron chi connectivity index (χ1n) is 8.53. The zero-order valence-corrected chi connectivity index (χ0v) is 14.4. The fourth-order valence-corrected chi connectivity index (χ4v) is 3.17. The Morgan fingerprint density at radius 2 is 1.33 bits per heavy atom. The van der Waals surface area contributed by atoms with Crippen molar-refractivity contribution in [1.82, 2.24) is 9.80 Å². The molecule has 1 atom stereocenters. The molecule has 1 aliphatic rings. The molecule has 24 heavy (non-hydrogen) atoms. The highest BCUT2D eigenvalue weighted by molar-refractivity contribution is 5.88. The van der Waals surface area contributed by atoms with Crippen molar-refractivity contribution in [1.29, 1.82) is 0 Å². The Balaban J connectivity index is 1.86. The van der Waals surface area contributed by atoms with Crippen molar-refractivity contribution in [3.8, 4) is 0 Å². The van der Waals surface area contributed by atoms with Crippen LogP contribution in [0.5, 0.6) is 0 Å². The van der Waals surface area contributed by atoms with Crippen LogP contribution in [0, 0.1) is 0 Å². The van der Waals surface area contributed by atoms with Crippen LogP contribution in [0.1, 0.15) is 6.92 Å². The van der Waals surface area contributed by atoms with Crippen LogP contribution in [0.2, 0.25) is 0 Å². The third-order valence-electron chi connectivity index (χ3n) is 4.63. The van der Waals surface area contributed by atoms with Crippen molar-refractivity contribution in [2.24, 2.45) is 0 Å². The first kappa shape index (κ1) is 16.5. The molecule has 4 heteroatoms. The fraction of sp³-hybridized carbons (Fsp3) is 0.350. The maximum Gasteiger partial charge on any atom is 0.245 e. The number of amides is 1. The van der Waals surface area contributed by atoms with Gasteiger partial charge >= 0.3 is 0 Å². The summed E-state index contributed by atoms with van der Waals surface area (Å²) in [6.07, 6.45) is 0. The van der Waals surface area contributed by atoms with Gasteiger partial charge in [-0.1, -0.05) is 36.4 Å². The molecule has 4 nitrogen and oxygen atoms in total. The lowest BCUT2D eigenvalue weighted by molar-refractivity contribution is -0.133. The molecule has 1 aliphatic heterocycles. The molecule has 0 spiro atoms. The second-order valence-corrected chi connectivity index (χ2v) is 6.35. The SMILES string of the molecule is CC(C(=O)N1CCN(C)CC1)N(c1ccccc1)c1ccccc1. The van der Waals surface area contributed by atoms with Gasteiger partial charge in [0.25, 0.3) is 0 Å². The van der Waals surface area contributed by atoms with E-state index in [0.29, 0.717) is 0 Å². The Hall–Kier alpha value is -2.33. The summed E-state index contributed by atoms with van der Waals surface area (Å²) in [6, 6.07) is 20.0. The second kappa shape index (κ2) is 7.49. The van der Waals surface area contributed by atoms with Crippen molar-refractivity contribution in [3.63, 3.8) is 0 Å². The van der Waals surface area contributed by atoms with Crippen molar-refractivity contribution in [3.05, 3.63) is 60.7 Å². The van der Waals surface area contributed by atoms with E-state index < -0.39 is 0 Å². The maximum absolute atomic E-state index is 13.1. The summed E-state index contributed by atoms with van der Waals surface area (Å²) in [5, 5.41) is 0. The highest BCUT2D eigenvalue weighted by Crippen LogP contribution is 2.28. The first-order chi connectivity index (χ1) is 11.7. The summed E-state index contributed by atoms with van der Waals surface area (Å²) < 4.78 is 0. The third-order valence-corrected chi connectivity index (χ3v) is 4.63. The number of likely N-dealkylation sites (N-methyl/N-ethyl adjacent to an activating group) is 1. The second-order valence-electron chi connectivity index (χ2n) is 6.35. The number of carbonyl (C=O) groups excluding carboxylic acids is 1. The monoisotopic (exact) mass is 323 g/mol. The van der Waals surface area contributed by atoms with Gasteiger partial charge < -0.3 is 14.7 Å². The lowest BCUT2D eigenvalue weighted by atomic mass is 10.1. The molecule has 0 N–H and O–H groups in total. The van der Waals surface area contributed by atoms with Crippen LogP contribution in [-0.4, -0.2) is 55.0 Å². The smallest absolute Gasteiger partial charge is 0.245 e. The number of hydrogen-bond acceptors (Lipinski definition) is 3. The molecule has 0 radical (unpaired) electrons. The molecule has 126 valence electrons. The van der Waals surface area contributed by atoms with Gasteiger partial charge in [0.1, 0.15) is 6.04 Å². The molecule has 2 aromatic carbocycles. The van der Waals surface area contributed by atoms with Crippen molar-refractivity contribution in [2.45, 2.75) is 13.0 Å². The van der Waals surface area contributed by atoms with Gasteiger partial charge in [0.2, 0.25) is 5.91 Å². The van der Waals surface area contributed by atoms with Gasteiger partial charge in [0, 0.05) is 37.6 Å². The minimum absolute atomic E-state index is 0.191. The van der Waals surface area contributed by atoms with E-state index in [1.54, 1.807) is 0 Å². The fourth-order valence-electron chi connectivity index (χ4n) is 3.17. The van der Waals surface area contributed by atoms with Gasteiger partial charge in [-0.2, -0.15) is 0 Å². The van der Waals surface area contributed by atoms with E-state index in [0.717, 1.165) is 37.6 Å². The molecule has 2 aromatic rings. The molecule has 1 fully saturated rings. The molecule has 1 unspecified atom stereocenters. The van der Waals surface area contributed by atoms with Crippen LogP contribution >= 0.6 is 0 Å². The lowest BCUT2D eigenvalue weighted by Crippen LogP contribution is -2.52. The molecule has 1 heterocycles. The summed E-state index contributed by atoms with van der Waals surface area (Å²) in [6.45, 7) is 5.49. The van der Waals surface area contributed by atoms with Crippen molar-refractivity contribution >= 4 is 17.3 Å². The van der Waals surface area contributed by atoms with E-state index in [9.17, 15) is 4.79 Å². The molecule has 0 saturated carbocycles. The summed E-state index contributed by atoms with van der Waals surface area (Å²) in [5.74, 6) is 0.191. The molecular formula is C20H25N3O. The zero-order valence-electron chi connectivity index (χ0n) is 14.4. The molecule has 3 rings (SSSR count). The van der Waals surface area contributed by atoms with Crippen LogP contribution in [0.4, 0.5) is 11.4 Å². The summed E-state index contributed by atoms with van der Waals surface area (Å²) in [4.78, 5) is 19.4. The minimum atomic E-state index is -0.238. The number of nitrogens with zero attached hydrogens (tertiary/aromatic N) is 3. The van der Waals surface area contributed by atoms with E-state index in [4.69, 9.17) is 0 Å². The zero-order chi connectivity index (χ0) is 16.9. The van der Waals surface area contributed by atoms with Gasteiger partial charge in [-0.05, 0) is 38.2 Å². The maximum atomic E-state index is 13.1. The average Bonchev–Trinajstić information content (AvgIpc) is 2.64. The average molecular weight is 323 g/mol.